The number of carbonyl (C=O) groups is 1. The Morgan fingerprint density at radius 2 is 1.79 bits per heavy atom. The van der Waals surface area contributed by atoms with Gasteiger partial charge in [-0.3, -0.25) is 4.79 Å². The number of benzene rings is 3. The molecule has 1 unspecified atom stereocenters. The minimum atomic E-state index is -0.930. The summed E-state index contributed by atoms with van der Waals surface area (Å²) in [6, 6.07) is 21.9. The van der Waals surface area contributed by atoms with Crippen molar-refractivity contribution in [2.75, 3.05) is 5.32 Å². The van der Waals surface area contributed by atoms with E-state index in [1.165, 1.54) is 11.7 Å². The largest absolute Gasteiger partial charge is 0.368 e. The topological polar surface area (TPSA) is 102 Å². The molecule has 0 aliphatic rings. The molecule has 0 bridgehead atoms. The number of aromatic nitrogens is 4. The van der Waals surface area contributed by atoms with E-state index >= 15 is 0 Å². The molecule has 38 heavy (non-hydrogen) atoms. The SMILES string of the molecule is Cc1ccc(CC(=O)Nc2cc(-c3ccccc3-c3nnn(COC(C)O)n3)ccc2SC(C)(C)C)cc1. The number of tetrazole rings is 1. The summed E-state index contributed by atoms with van der Waals surface area (Å²) < 4.78 is 5.12. The monoisotopic (exact) mass is 531 g/mol. The summed E-state index contributed by atoms with van der Waals surface area (Å²) >= 11 is 1.71. The van der Waals surface area contributed by atoms with Crippen molar-refractivity contribution in [1.82, 2.24) is 20.2 Å². The van der Waals surface area contributed by atoms with Crippen LogP contribution < -0.4 is 5.32 Å². The van der Waals surface area contributed by atoms with Gasteiger partial charge in [-0.1, -0.05) is 80.9 Å². The highest BCUT2D eigenvalue weighted by atomic mass is 32.2. The fraction of sp³-hybridized carbons (Fsp3) is 0.310. The predicted molar refractivity (Wildman–Crippen MR) is 151 cm³/mol. The molecule has 4 aromatic rings. The summed E-state index contributed by atoms with van der Waals surface area (Å²) in [6.45, 7) is 9.98. The first-order valence-electron chi connectivity index (χ1n) is 12.4. The third kappa shape index (κ3) is 7.50. The van der Waals surface area contributed by atoms with Crippen molar-refractivity contribution in [3.63, 3.8) is 0 Å². The lowest BCUT2D eigenvalue weighted by atomic mass is 9.99. The molecule has 4 rings (SSSR count). The van der Waals surface area contributed by atoms with Crippen molar-refractivity contribution in [2.24, 2.45) is 0 Å². The van der Waals surface area contributed by atoms with E-state index in [9.17, 15) is 9.90 Å². The second-order valence-corrected chi connectivity index (χ2v) is 11.9. The first-order valence-corrected chi connectivity index (χ1v) is 13.2. The van der Waals surface area contributed by atoms with Crippen molar-refractivity contribution in [1.29, 1.82) is 0 Å². The molecular formula is C29H33N5O3S. The van der Waals surface area contributed by atoms with Gasteiger partial charge in [0, 0.05) is 15.2 Å². The number of amides is 1. The van der Waals surface area contributed by atoms with Gasteiger partial charge in [0.25, 0.3) is 0 Å². The van der Waals surface area contributed by atoms with Gasteiger partial charge >= 0.3 is 0 Å². The molecule has 0 saturated carbocycles. The maximum Gasteiger partial charge on any atom is 0.228 e. The highest BCUT2D eigenvalue weighted by Gasteiger charge is 2.19. The van der Waals surface area contributed by atoms with E-state index in [0.717, 1.165) is 38.4 Å². The number of carbonyl (C=O) groups excluding carboxylic acids is 1. The number of rotatable bonds is 9. The minimum absolute atomic E-state index is 0.0112. The Hall–Kier alpha value is -3.53. The van der Waals surface area contributed by atoms with Gasteiger partial charge in [0.05, 0.1) is 12.1 Å². The summed E-state index contributed by atoms with van der Waals surface area (Å²) in [5.41, 5.74) is 5.51. The van der Waals surface area contributed by atoms with E-state index in [0.29, 0.717) is 12.2 Å². The van der Waals surface area contributed by atoms with Crippen molar-refractivity contribution >= 4 is 23.4 Å². The highest BCUT2D eigenvalue weighted by Crippen LogP contribution is 2.40. The number of hydrogen-bond donors (Lipinski definition) is 2. The van der Waals surface area contributed by atoms with E-state index in [1.54, 1.807) is 11.8 Å². The molecular weight excluding hydrogens is 498 g/mol. The number of aliphatic hydroxyl groups excluding tert-OH is 1. The third-order valence-electron chi connectivity index (χ3n) is 5.52. The second kappa shape index (κ2) is 11.9. The Morgan fingerprint density at radius 1 is 1.08 bits per heavy atom. The molecule has 1 heterocycles. The Kier molecular flexibility index (Phi) is 8.61. The molecule has 0 aliphatic heterocycles. The molecule has 0 radical (unpaired) electrons. The van der Waals surface area contributed by atoms with Crippen molar-refractivity contribution in [3.05, 3.63) is 77.9 Å². The van der Waals surface area contributed by atoms with Crippen LogP contribution in [0.5, 0.6) is 0 Å². The Morgan fingerprint density at radius 3 is 2.47 bits per heavy atom. The number of anilines is 1. The van der Waals surface area contributed by atoms with Gasteiger partial charge in [-0.2, -0.15) is 0 Å². The lowest BCUT2D eigenvalue weighted by Crippen LogP contribution is -2.16. The first kappa shape index (κ1) is 27.5. The van der Waals surface area contributed by atoms with Crippen LogP contribution in [0.4, 0.5) is 5.69 Å². The number of ether oxygens (including phenoxy) is 1. The zero-order valence-corrected chi connectivity index (χ0v) is 23.1. The average molecular weight is 532 g/mol. The third-order valence-corrected chi connectivity index (χ3v) is 6.71. The quantitative estimate of drug-likeness (QED) is 0.211. The van der Waals surface area contributed by atoms with Crippen LogP contribution in [0.15, 0.2) is 71.6 Å². The van der Waals surface area contributed by atoms with E-state index < -0.39 is 6.29 Å². The van der Waals surface area contributed by atoms with Crippen LogP contribution in [0.25, 0.3) is 22.5 Å². The lowest BCUT2D eigenvalue weighted by molar-refractivity contribution is -0.119. The van der Waals surface area contributed by atoms with Gasteiger partial charge in [0.1, 0.15) is 0 Å². The second-order valence-electron chi connectivity index (χ2n) is 10.1. The number of thioether (sulfide) groups is 1. The maximum absolute atomic E-state index is 13.1. The molecule has 3 aromatic carbocycles. The van der Waals surface area contributed by atoms with Crippen LogP contribution in [0.2, 0.25) is 0 Å². The van der Waals surface area contributed by atoms with Crippen LogP contribution in [-0.2, 0) is 22.7 Å². The summed E-state index contributed by atoms with van der Waals surface area (Å²) in [5.74, 6) is 0.366. The molecule has 1 atom stereocenters. The number of aryl methyl sites for hydroxylation is 1. The normalized spacial score (nSPS) is 12.4. The zero-order valence-electron chi connectivity index (χ0n) is 22.3. The smallest absolute Gasteiger partial charge is 0.228 e. The van der Waals surface area contributed by atoms with Crippen molar-refractivity contribution < 1.29 is 14.6 Å². The Labute approximate surface area is 227 Å². The summed E-state index contributed by atoms with van der Waals surface area (Å²) in [7, 11) is 0. The van der Waals surface area contributed by atoms with E-state index in [1.807, 2.05) is 73.7 Å². The van der Waals surface area contributed by atoms with Gasteiger partial charge < -0.3 is 15.2 Å². The Balaban J connectivity index is 1.65. The van der Waals surface area contributed by atoms with Crippen LogP contribution >= 0.6 is 11.8 Å². The fourth-order valence-corrected chi connectivity index (χ4v) is 4.83. The van der Waals surface area contributed by atoms with Gasteiger partial charge in [-0.05, 0) is 47.9 Å². The molecule has 1 amide bonds. The van der Waals surface area contributed by atoms with Crippen molar-refractivity contribution in [3.8, 4) is 22.5 Å². The van der Waals surface area contributed by atoms with Crippen LogP contribution in [0.3, 0.4) is 0 Å². The fourth-order valence-electron chi connectivity index (χ4n) is 3.81. The Bertz CT molecular complexity index is 1390. The van der Waals surface area contributed by atoms with E-state index in [-0.39, 0.29) is 17.4 Å². The minimum Gasteiger partial charge on any atom is -0.368 e. The van der Waals surface area contributed by atoms with E-state index in [4.69, 9.17) is 4.74 Å². The highest BCUT2D eigenvalue weighted by molar-refractivity contribution is 8.00. The molecule has 198 valence electrons. The van der Waals surface area contributed by atoms with Gasteiger partial charge in [0.15, 0.2) is 13.0 Å². The number of hydrogen-bond acceptors (Lipinski definition) is 7. The van der Waals surface area contributed by atoms with Crippen LogP contribution in [0, 0.1) is 6.92 Å². The average Bonchev–Trinajstić information content (AvgIpc) is 3.33. The summed E-state index contributed by atoms with van der Waals surface area (Å²) in [6.07, 6.45) is -0.636. The summed E-state index contributed by atoms with van der Waals surface area (Å²) in [5, 5.41) is 25.1. The zero-order chi connectivity index (χ0) is 27.3. The molecule has 0 fully saturated rings. The molecule has 2 N–H and O–H groups in total. The molecule has 0 saturated heterocycles. The van der Waals surface area contributed by atoms with Gasteiger partial charge in [0.2, 0.25) is 11.7 Å². The molecule has 0 spiro atoms. The predicted octanol–water partition coefficient (Wildman–Crippen LogP) is 5.70. The standard InChI is InChI=1S/C29H33N5O3S/c1-19-10-12-21(13-11-19)16-27(36)30-25-17-22(14-15-26(25)38-29(3,4)5)23-8-6-7-9-24(23)28-31-33-34(32-28)18-37-20(2)35/h6-15,17,20,35H,16,18H2,1-5H3,(H,30,36). The molecule has 8 nitrogen and oxygen atoms in total. The summed E-state index contributed by atoms with van der Waals surface area (Å²) in [4.78, 5) is 15.3. The number of aliphatic hydroxyl groups is 1. The molecule has 9 heteroatoms. The van der Waals surface area contributed by atoms with E-state index in [2.05, 4.69) is 41.5 Å². The van der Waals surface area contributed by atoms with Gasteiger partial charge in [-0.25, -0.2) is 0 Å². The molecule has 0 aliphatic carbocycles. The first-order chi connectivity index (χ1) is 18.1. The van der Waals surface area contributed by atoms with Crippen LogP contribution in [-0.4, -0.2) is 42.3 Å². The molecule has 1 aromatic heterocycles. The lowest BCUT2D eigenvalue weighted by Gasteiger charge is -2.21. The maximum atomic E-state index is 13.1. The van der Waals surface area contributed by atoms with Crippen LogP contribution in [0.1, 0.15) is 38.8 Å². The van der Waals surface area contributed by atoms with Crippen molar-refractivity contribution in [2.45, 2.75) is 63.7 Å². The number of nitrogens with one attached hydrogen (secondary N) is 1. The van der Waals surface area contributed by atoms with Gasteiger partial charge in [-0.15, -0.1) is 26.8 Å². The number of nitrogens with zero attached hydrogens (tertiary/aromatic N) is 4.